The van der Waals surface area contributed by atoms with Gasteiger partial charge in [0, 0.05) is 30.0 Å². The molecule has 0 atom stereocenters. The van der Waals surface area contributed by atoms with Gasteiger partial charge in [-0.2, -0.15) is 0 Å². The van der Waals surface area contributed by atoms with Crippen LogP contribution in [0, 0.1) is 7.14 Å². The molecule has 0 saturated heterocycles. The maximum absolute atomic E-state index is 5.50. The molecule has 2 N–H and O–H groups in total. The molecule has 0 fully saturated rings. The van der Waals surface area contributed by atoms with Gasteiger partial charge in [-0.05, 0) is 99.2 Å². The number of rotatable bonds is 3. The third-order valence-electron chi connectivity index (χ3n) is 4.28. The van der Waals surface area contributed by atoms with Crippen LogP contribution in [-0.2, 0) is 0 Å². The second kappa shape index (κ2) is 8.71. The quantitative estimate of drug-likeness (QED) is 0.196. The molecule has 0 radical (unpaired) electrons. The monoisotopic (exact) mass is 607 g/mol. The summed E-state index contributed by atoms with van der Waals surface area (Å²) in [5.41, 5.74) is 3.97. The summed E-state index contributed by atoms with van der Waals surface area (Å²) in [5, 5.41) is 9.42. The first-order chi connectivity index (χ1) is 13.6. The Morgan fingerprint density at radius 3 is 2.46 bits per heavy atom. The summed E-state index contributed by atoms with van der Waals surface area (Å²) in [6.45, 7) is 0. The number of benzene rings is 3. The second-order valence-corrected chi connectivity index (χ2v) is 8.87. The van der Waals surface area contributed by atoms with E-state index in [1.165, 1.54) is 5.39 Å². The molecule has 0 bridgehead atoms. The lowest BCUT2D eigenvalue weighted by molar-refractivity contribution is 1.35. The van der Waals surface area contributed by atoms with Crippen LogP contribution in [0.15, 0.2) is 79.0 Å². The molecule has 1 aromatic heterocycles. The van der Waals surface area contributed by atoms with E-state index in [9.17, 15) is 0 Å². The SMILES string of the molecule is S=C(Nc1ccc(I)c(-c2nccc3ccccc23)c1)Nc1ccccc1I. The number of halogens is 2. The molecule has 0 aliphatic carbocycles. The van der Waals surface area contributed by atoms with E-state index < -0.39 is 0 Å². The third kappa shape index (κ3) is 4.28. The minimum Gasteiger partial charge on any atom is -0.332 e. The maximum atomic E-state index is 5.50. The van der Waals surface area contributed by atoms with Gasteiger partial charge in [0.1, 0.15) is 0 Å². The number of nitrogens with one attached hydrogen (secondary N) is 2. The van der Waals surface area contributed by atoms with E-state index in [1.807, 2.05) is 54.7 Å². The van der Waals surface area contributed by atoms with Gasteiger partial charge < -0.3 is 10.6 Å². The van der Waals surface area contributed by atoms with Crippen LogP contribution in [0.3, 0.4) is 0 Å². The van der Waals surface area contributed by atoms with Gasteiger partial charge in [-0.3, -0.25) is 4.98 Å². The lowest BCUT2D eigenvalue weighted by Crippen LogP contribution is -2.19. The summed E-state index contributed by atoms with van der Waals surface area (Å²) in [6, 6.07) is 24.6. The van der Waals surface area contributed by atoms with Gasteiger partial charge in [-0.15, -0.1) is 0 Å². The van der Waals surface area contributed by atoms with Crippen molar-refractivity contribution in [3.8, 4) is 11.3 Å². The molecule has 28 heavy (non-hydrogen) atoms. The Balaban J connectivity index is 1.64. The number of thiocarbonyl (C=S) groups is 1. The summed E-state index contributed by atoms with van der Waals surface area (Å²) < 4.78 is 2.26. The zero-order valence-corrected chi connectivity index (χ0v) is 19.7. The van der Waals surface area contributed by atoms with Crippen LogP contribution in [0.1, 0.15) is 0 Å². The summed E-state index contributed by atoms with van der Waals surface area (Å²) in [6.07, 6.45) is 1.86. The molecule has 0 aliphatic rings. The van der Waals surface area contributed by atoms with Crippen molar-refractivity contribution in [2.24, 2.45) is 0 Å². The van der Waals surface area contributed by atoms with E-state index in [0.29, 0.717) is 5.11 Å². The van der Waals surface area contributed by atoms with E-state index in [-0.39, 0.29) is 0 Å². The Morgan fingerprint density at radius 2 is 1.61 bits per heavy atom. The van der Waals surface area contributed by atoms with Crippen LogP contribution in [0.5, 0.6) is 0 Å². The molecule has 4 aromatic rings. The third-order valence-corrected chi connectivity index (χ3v) is 6.36. The topological polar surface area (TPSA) is 37.0 Å². The number of hydrogen-bond acceptors (Lipinski definition) is 2. The highest BCUT2D eigenvalue weighted by Gasteiger charge is 2.11. The van der Waals surface area contributed by atoms with Crippen molar-refractivity contribution in [2.75, 3.05) is 10.6 Å². The normalized spacial score (nSPS) is 10.6. The van der Waals surface area contributed by atoms with Crippen LogP contribution >= 0.6 is 57.4 Å². The van der Waals surface area contributed by atoms with Crippen LogP contribution < -0.4 is 10.6 Å². The van der Waals surface area contributed by atoms with Gasteiger partial charge in [0.15, 0.2) is 5.11 Å². The Hall–Kier alpha value is -1.78. The Morgan fingerprint density at radius 1 is 0.821 bits per heavy atom. The van der Waals surface area contributed by atoms with Gasteiger partial charge in [-0.25, -0.2) is 0 Å². The van der Waals surface area contributed by atoms with Gasteiger partial charge in [0.05, 0.1) is 11.4 Å². The Labute approximate surface area is 196 Å². The Bertz CT molecular complexity index is 1170. The molecule has 0 amide bonds. The fourth-order valence-electron chi connectivity index (χ4n) is 2.97. The van der Waals surface area contributed by atoms with Crippen molar-refractivity contribution in [3.05, 3.63) is 86.1 Å². The molecule has 0 unspecified atom stereocenters. The van der Waals surface area contributed by atoms with Crippen LogP contribution in [0.4, 0.5) is 11.4 Å². The molecule has 0 saturated carbocycles. The van der Waals surface area contributed by atoms with E-state index in [4.69, 9.17) is 12.2 Å². The molecule has 0 aliphatic heterocycles. The molecular weight excluding hydrogens is 592 g/mol. The van der Waals surface area contributed by atoms with Crippen molar-refractivity contribution in [1.82, 2.24) is 4.98 Å². The molecule has 138 valence electrons. The van der Waals surface area contributed by atoms with Crippen molar-refractivity contribution in [3.63, 3.8) is 0 Å². The number of pyridine rings is 1. The molecule has 6 heteroatoms. The minimum atomic E-state index is 0.558. The number of aromatic nitrogens is 1. The highest BCUT2D eigenvalue weighted by atomic mass is 127. The molecule has 1 heterocycles. The highest BCUT2D eigenvalue weighted by Crippen LogP contribution is 2.32. The van der Waals surface area contributed by atoms with Crippen molar-refractivity contribution >= 4 is 84.7 Å². The summed E-state index contributed by atoms with van der Waals surface area (Å²) >= 11 is 10.1. The molecule has 0 spiro atoms. The molecule has 3 nitrogen and oxygen atoms in total. The predicted molar refractivity (Wildman–Crippen MR) is 139 cm³/mol. The zero-order chi connectivity index (χ0) is 19.5. The lowest BCUT2D eigenvalue weighted by Gasteiger charge is -2.14. The number of para-hydroxylation sites is 1. The summed E-state index contributed by atoms with van der Waals surface area (Å²) in [7, 11) is 0. The van der Waals surface area contributed by atoms with Gasteiger partial charge >= 0.3 is 0 Å². The van der Waals surface area contributed by atoms with Gasteiger partial charge in [0.2, 0.25) is 0 Å². The fraction of sp³-hybridized carbons (Fsp3) is 0. The average Bonchev–Trinajstić information content (AvgIpc) is 2.71. The molecule has 3 aromatic carbocycles. The standard InChI is InChI=1S/C22H15I2N3S/c23-18-10-9-15(26-22(28)27-20-8-4-3-7-19(20)24)13-17(18)21-16-6-2-1-5-14(16)11-12-25-21/h1-13H,(H2,26,27,28). The zero-order valence-electron chi connectivity index (χ0n) is 14.6. The lowest BCUT2D eigenvalue weighted by atomic mass is 10.0. The van der Waals surface area contributed by atoms with Crippen molar-refractivity contribution in [1.29, 1.82) is 0 Å². The maximum Gasteiger partial charge on any atom is 0.175 e. The van der Waals surface area contributed by atoms with E-state index >= 15 is 0 Å². The van der Waals surface area contributed by atoms with Crippen LogP contribution in [-0.4, -0.2) is 10.1 Å². The summed E-state index contributed by atoms with van der Waals surface area (Å²) in [5.74, 6) is 0. The largest absolute Gasteiger partial charge is 0.332 e. The first-order valence-corrected chi connectivity index (χ1v) is 11.1. The fourth-order valence-corrected chi connectivity index (χ4v) is 4.31. The number of nitrogens with zero attached hydrogens (tertiary/aromatic N) is 1. The van der Waals surface area contributed by atoms with Crippen LogP contribution in [0.25, 0.3) is 22.0 Å². The smallest absolute Gasteiger partial charge is 0.175 e. The van der Waals surface area contributed by atoms with Gasteiger partial charge in [0.25, 0.3) is 0 Å². The van der Waals surface area contributed by atoms with Crippen LogP contribution in [0.2, 0.25) is 0 Å². The van der Waals surface area contributed by atoms with Crippen molar-refractivity contribution < 1.29 is 0 Å². The van der Waals surface area contributed by atoms with E-state index in [2.05, 4.69) is 85.1 Å². The van der Waals surface area contributed by atoms with Crippen molar-refractivity contribution in [2.45, 2.75) is 0 Å². The average molecular weight is 607 g/mol. The first kappa shape index (κ1) is 19.5. The molecule has 4 rings (SSSR count). The predicted octanol–water partition coefficient (Wildman–Crippen LogP) is 6.92. The van der Waals surface area contributed by atoms with Gasteiger partial charge in [-0.1, -0.05) is 36.4 Å². The second-order valence-electron chi connectivity index (χ2n) is 6.13. The minimum absolute atomic E-state index is 0.558. The van der Waals surface area contributed by atoms with E-state index in [0.717, 1.165) is 35.2 Å². The Kier molecular flexibility index (Phi) is 6.07. The highest BCUT2D eigenvalue weighted by molar-refractivity contribution is 14.1. The number of anilines is 2. The number of fused-ring (bicyclic) bond motifs is 1. The summed E-state index contributed by atoms with van der Waals surface area (Å²) in [4.78, 5) is 4.66. The number of hydrogen-bond donors (Lipinski definition) is 2. The van der Waals surface area contributed by atoms with E-state index in [1.54, 1.807) is 0 Å². The first-order valence-electron chi connectivity index (χ1n) is 8.58. The molecular formula is C22H15I2N3S.